The molecule has 1 aromatic rings. The maximum Gasteiger partial charge on any atom is 0.174 e. The lowest BCUT2D eigenvalue weighted by Gasteiger charge is -2.13. The van der Waals surface area contributed by atoms with E-state index in [9.17, 15) is 0 Å². The molecule has 1 fully saturated rings. The third-order valence-electron chi connectivity index (χ3n) is 3.51. The summed E-state index contributed by atoms with van der Waals surface area (Å²) in [5.41, 5.74) is 1.21. The molecule has 2 unspecified atom stereocenters. The van der Waals surface area contributed by atoms with Gasteiger partial charge in [0.1, 0.15) is 11.8 Å². The summed E-state index contributed by atoms with van der Waals surface area (Å²) in [5, 5.41) is 12.9. The van der Waals surface area contributed by atoms with Crippen molar-refractivity contribution in [3.05, 3.63) is 29.8 Å². The summed E-state index contributed by atoms with van der Waals surface area (Å²) < 4.78 is 5.31. The third kappa shape index (κ3) is 4.45. The summed E-state index contributed by atoms with van der Waals surface area (Å²) in [6.07, 6.45) is 6.06. The number of rotatable bonds is 6. The van der Waals surface area contributed by atoms with Crippen LogP contribution in [0.3, 0.4) is 0 Å². The fraction of sp³-hybridized carbons (Fsp3) is 0.533. The average Bonchev–Trinajstić information content (AvgIpc) is 2.91. The molecule has 0 heterocycles. The van der Waals surface area contributed by atoms with Crippen molar-refractivity contribution in [2.45, 2.75) is 37.1 Å². The summed E-state index contributed by atoms with van der Waals surface area (Å²) in [6.45, 7) is 0.977. The minimum atomic E-state index is 0.106. The molecule has 1 aliphatic carbocycles. The van der Waals surface area contributed by atoms with E-state index < -0.39 is 0 Å². The first-order chi connectivity index (χ1) is 9.31. The van der Waals surface area contributed by atoms with E-state index in [-0.39, 0.29) is 6.61 Å². The number of hydrogen-bond donors (Lipinski definition) is 1. The molecule has 2 atom stereocenters. The van der Waals surface area contributed by atoms with Gasteiger partial charge in [0.05, 0.1) is 0 Å². The number of nitrogens with one attached hydrogen (secondary N) is 1. The third-order valence-corrected chi connectivity index (χ3v) is 4.61. The van der Waals surface area contributed by atoms with Crippen molar-refractivity contribution < 1.29 is 4.74 Å². The summed E-state index contributed by atoms with van der Waals surface area (Å²) >= 11 is 1.98. The lowest BCUT2D eigenvalue weighted by atomic mass is 10.2. The van der Waals surface area contributed by atoms with Crippen LogP contribution in [-0.4, -0.2) is 24.2 Å². The van der Waals surface area contributed by atoms with Crippen molar-refractivity contribution in [1.82, 2.24) is 5.32 Å². The molecular formula is C15H20N2OS. The quantitative estimate of drug-likeness (QED) is 0.867. The van der Waals surface area contributed by atoms with Crippen LogP contribution >= 0.6 is 11.8 Å². The zero-order valence-corrected chi connectivity index (χ0v) is 12.1. The Hall–Kier alpha value is -1.18. The molecule has 1 aliphatic rings. The van der Waals surface area contributed by atoms with Crippen molar-refractivity contribution in [3.8, 4) is 11.8 Å². The van der Waals surface area contributed by atoms with Gasteiger partial charge in [-0.05, 0) is 43.2 Å². The monoisotopic (exact) mass is 276 g/mol. The second kappa shape index (κ2) is 7.42. The summed E-state index contributed by atoms with van der Waals surface area (Å²) in [7, 11) is 0. The molecule has 4 heteroatoms. The van der Waals surface area contributed by atoms with E-state index in [2.05, 4.69) is 17.6 Å². The Balaban J connectivity index is 1.81. The highest BCUT2D eigenvalue weighted by atomic mass is 32.2. The standard InChI is InChI=1S/C15H20N2OS/c1-19-15-6-5-13(10-15)17-11-12-3-2-4-14(9-12)18-8-7-16/h2-4,9,13,15,17H,5-6,8,10-11H2,1H3. The van der Waals surface area contributed by atoms with Crippen LogP contribution in [0, 0.1) is 11.3 Å². The van der Waals surface area contributed by atoms with Crippen LogP contribution in [0.1, 0.15) is 24.8 Å². The fourth-order valence-corrected chi connectivity index (χ4v) is 3.26. The highest BCUT2D eigenvalue weighted by Crippen LogP contribution is 2.28. The van der Waals surface area contributed by atoms with Crippen LogP contribution in [0.2, 0.25) is 0 Å². The van der Waals surface area contributed by atoms with E-state index >= 15 is 0 Å². The molecule has 0 radical (unpaired) electrons. The lowest BCUT2D eigenvalue weighted by molar-refractivity contribution is 0.367. The molecule has 0 aromatic heterocycles. The summed E-state index contributed by atoms with van der Waals surface area (Å²) in [6, 6.07) is 10.6. The van der Waals surface area contributed by atoms with Gasteiger partial charge in [-0.3, -0.25) is 0 Å². The van der Waals surface area contributed by atoms with Gasteiger partial charge < -0.3 is 10.1 Å². The topological polar surface area (TPSA) is 45.0 Å². The van der Waals surface area contributed by atoms with Crippen LogP contribution < -0.4 is 10.1 Å². The molecule has 0 spiro atoms. The maximum atomic E-state index is 8.50. The van der Waals surface area contributed by atoms with Gasteiger partial charge >= 0.3 is 0 Å². The van der Waals surface area contributed by atoms with Crippen molar-refractivity contribution in [2.24, 2.45) is 0 Å². The van der Waals surface area contributed by atoms with Gasteiger partial charge in [0.2, 0.25) is 0 Å². The molecule has 1 N–H and O–H groups in total. The maximum absolute atomic E-state index is 8.50. The predicted octanol–water partition coefficient (Wildman–Crippen LogP) is 2.96. The second-order valence-corrected chi connectivity index (χ2v) is 5.98. The molecule has 0 bridgehead atoms. The number of ether oxygens (including phenoxy) is 1. The lowest BCUT2D eigenvalue weighted by Crippen LogP contribution is -2.26. The Bertz CT molecular complexity index is 444. The van der Waals surface area contributed by atoms with Gasteiger partial charge in [-0.25, -0.2) is 0 Å². The van der Waals surface area contributed by atoms with Crippen LogP contribution in [0.4, 0.5) is 0 Å². The van der Waals surface area contributed by atoms with Crippen LogP contribution in [-0.2, 0) is 6.54 Å². The molecule has 0 saturated heterocycles. The van der Waals surface area contributed by atoms with Gasteiger partial charge in [0.25, 0.3) is 0 Å². The van der Waals surface area contributed by atoms with Crippen LogP contribution in [0.5, 0.6) is 5.75 Å². The zero-order chi connectivity index (χ0) is 13.5. The van der Waals surface area contributed by atoms with Gasteiger partial charge in [-0.15, -0.1) is 0 Å². The largest absolute Gasteiger partial charge is 0.479 e. The molecule has 1 saturated carbocycles. The van der Waals surface area contributed by atoms with Crippen molar-refractivity contribution in [1.29, 1.82) is 5.26 Å². The van der Waals surface area contributed by atoms with E-state index in [1.54, 1.807) is 0 Å². The normalized spacial score (nSPS) is 22.1. The predicted molar refractivity (Wildman–Crippen MR) is 79.3 cm³/mol. The smallest absolute Gasteiger partial charge is 0.174 e. The van der Waals surface area contributed by atoms with Crippen molar-refractivity contribution in [3.63, 3.8) is 0 Å². The molecule has 2 rings (SSSR count). The minimum absolute atomic E-state index is 0.106. The van der Waals surface area contributed by atoms with Crippen molar-refractivity contribution in [2.75, 3.05) is 12.9 Å². The summed E-state index contributed by atoms with van der Waals surface area (Å²) in [4.78, 5) is 0. The van der Waals surface area contributed by atoms with Gasteiger partial charge in [0.15, 0.2) is 6.61 Å². The second-order valence-electron chi connectivity index (χ2n) is 4.84. The van der Waals surface area contributed by atoms with E-state index in [0.717, 1.165) is 17.5 Å². The van der Waals surface area contributed by atoms with Gasteiger partial charge in [-0.1, -0.05) is 12.1 Å². The molecule has 0 aliphatic heterocycles. The highest BCUT2D eigenvalue weighted by molar-refractivity contribution is 7.99. The first-order valence-corrected chi connectivity index (χ1v) is 7.95. The number of thioether (sulfide) groups is 1. The average molecular weight is 276 g/mol. The molecular weight excluding hydrogens is 256 g/mol. The van der Waals surface area contributed by atoms with E-state index in [1.807, 2.05) is 36.0 Å². The molecule has 19 heavy (non-hydrogen) atoms. The Labute approximate surface area is 119 Å². The number of nitriles is 1. The first kappa shape index (κ1) is 14.2. The van der Waals surface area contributed by atoms with Crippen LogP contribution in [0.15, 0.2) is 24.3 Å². The number of hydrogen-bond acceptors (Lipinski definition) is 4. The SMILES string of the molecule is CSC1CCC(NCc2cccc(OCC#N)c2)C1. The zero-order valence-electron chi connectivity index (χ0n) is 11.3. The Morgan fingerprint density at radius 3 is 3.11 bits per heavy atom. The number of nitrogens with zero attached hydrogens (tertiary/aromatic N) is 1. The van der Waals surface area contributed by atoms with E-state index in [0.29, 0.717) is 6.04 Å². The highest BCUT2D eigenvalue weighted by Gasteiger charge is 2.23. The first-order valence-electron chi connectivity index (χ1n) is 6.66. The molecule has 1 aromatic carbocycles. The number of benzene rings is 1. The molecule has 3 nitrogen and oxygen atoms in total. The van der Waals surface area contributed by atoms with Crippen molar-refractivity contribution >= 4 is 11.8 Å². The van der Waals surface area contributed by atoms with Crippen LogP contribution in [0.25, 0.3) is 0 Å². The Morgan fingerprint density at radius 1 is 1.47 bits per heavy atom. The Morgan fingerprint density at radius 2 is 2.37 bits per heavy atom. The van der Waals surface area contributed by atoms with E-state index in [4.69, 9.17) is 10.00 Å². The Kier molecular flexibility index (Phi) is 5.56. The van der Waals surface area contributed by atoms with Gasteiger partial charge in [0, 0.05) is 17.8 Å². The minimum Gasteiger partial charge on any atom is -0.479 e. The fourth-order valence-electron chi connectivity index (χ4n) is 2.46. The van der Waals surface area contributed by atoms with E-state index in [1.165, 1.54) is 24.8 Å². The molecule has 0 amide bonds. The van der Waals surface area contributed by atoms with Gasteiger partial charge in [-0.2, -0.15) is 17.0 Å². The molecule has 102 valence electrons. The summed E-state index contributed by atoms with van der Waals surface area (Å²) in [5.74, 6) is 0.772.